The Kier molecular flexibility index (Phi) is 4.50. The van der Waals surface area contributed by atoms with E-state index in [-0.39, 0.29) is 29.6 Å². The maximum Gasteiger partial charge on any atom is 0.316 e. The number of ketones is 1. The summed E-state index contributed by atoms with van der Waals surface area (Å²) in [6, 6.07) is 0.0135. The third-order valence-corrected chi connectivity index (χ3v) is 3.19. The van der Waals surface area contributed by atoms with Gasteiger partial charge in [-0.2, -0.15) is 0 Å². The van der Waals surface area contributed by atoms with Gasteiger partial charge in [0.25, 0.3) is 0 Å². The lowest BCUT2D eigenvalue weighted by Gasteiger charge is -2.35. The molecule has 5 nitrogen and oxygen atoms in total. The summed E-state index contributed by atoms with van der Waals surface area (Å²) in [7, 11) is 1.27. The Hall–Kier alpha value is -1.65. The number of hydrogen-bond acceptors (Lipinski definition) is 5. The topological polar surface area (TPSA) is 76.0 Å². The maximum atomic E-state index is 12.0. The summed E-state index contributed by atoms with van der Waals surface area (Å²) in [6.45, 7) is 7.25. The van der Waals surface area contributed by atoms with E-state index in [4.69, 9.17) is 4.74 Å². The van der Waals surface area contributed by atoms with Crippen LogP contribution >= 0.6 is 0 Å². The number of rotatable bonds is 3. The highest BCUT2D eigenvalue weighted by molar-refractivity contribution is 6.15. The summed E-state index contributed by atoms with van der Waals surface area (Å²) in [5.74, 6) is -1.81. The van der Waals surface area contributed by atoms with Crippen molar-refractivity contribution in [1.82, 2.24) is 0 Å². The van der Waals surface area contributed by atoms with Crippen LogP contribution in [-0.4, -0.2) is 36.2 Å². The molecule has 1 N–H and O–H groups in total. The number of methoxy groups -OCH3 is 1. The van der Waals surface area contributed by atoms with Crippen LogP contribution in [0.2, 0.25) is 0 Å². The normalized spacial score (nSPS) is 23.3. The van der Waals surface area contributed by atoms with Gasteiger partial charge in [0, 0.05) is 18.7 Å². The van der Waals surface area contributed by atoms with Gasteiger partial charge in [0.05, 0.1) is 12.7 Å². The molecule has 0 saturated heterocycles. The van der Waals surface area contributed by atoms with Gasteiger partial charge in [-0.25, -0.2) is 0 Å². The molecule has 0 radical (unpaired) electrons. The molecule has 1 rings (SSSR count). The second-order valence-electron chi connectivity index (χ2n) is 5.72. The van der Waals surface area contributed by atoms with E-state index in [1.807, 2.05) is 13.8 Å². The minimum absolute atomic E-state index is 0.0135. The minimum atomic E-state index is -0.830. The minimum Gasteiger partial charge on any atom is -0.511 e. The van der Waals surface area contributed by atoms with Crippen molar-refractivity contribution in [2.24, 2.45) is 16.3 Å². The summed E-state index contributed by atoms with van der Waals surface area (Å²) >= 11 is 0. The molecule has 0 spiro atoms. The second kappa shape index (κ2) is 5.55. The van der Waals surface area contributed by atoms with Gasteiger partial charge in [-0.15, -0.1) is 0 Å². The first-order chi connectivity index (χ1) is 8.70. The zero-order chi connectivity index (χ0) is 14.8. The van der Waals surface area contributed by atoms with Crippen molar-refractivity contribution in [3.05, 3.63) is 11.3 Å². The Balaban J connectivity index is 3.27. The molecular formula is C14H21NO4. The Bertz CT molecular complexity index is 446. The average molecular weight is 267 g/mol. The lowest BCUT2D eigenvalue weighted by atomic mass is 9.68. The van der Waals surface area contributed by atoms with Crippen molar-refractivity contribution in [3.63, 3.8) is 0 Å². The molecular weight excluding hydrogens is 246 g/mol. The summed E-state index contributed by atoms with van der Waals surface area (Å²) < 4.78 is 4.72. The zero-order valence-corrected chi connectivity index (χ0v) is 12.1. The third kappa shape index (κ3) is 3.22. The predicted octanol–water partition coefficient (Wildman–Crippen LogP) is 2.07. The highest BCUT2D eigenvalue weighted by Crippen LogP contribution is 2.41. The van der Waals surface area contributed by atoms with Crippen LogP contribution in [0.3, 0.4) is 0 Å². The Morgan fingerprint density at radius 1 is 1.53 bits per heavy atom. The number of ether oxygens (including phenoxy) is 1. The average Bonchev–Trinajstić information content (AvgIpc) is 2.26. The van der Waals surface area contributed by atoms with Gasteiger partial charge in [0.15, 0.2) is 5.78 Å². The predicted molar refractivity (Wildman–Crippen MR) is 72.2 cm³/mol. The van der Waals surface area contributed by atoms with E-state index in [1.165, 1.54) is 13.3 Å². The number of nitrogens with zero attached hydrogens (tertiary/aromatic N) is 1. The molecule has 0 aromatic carbocycles. The van der Waals surface area contributed by atoms with Gasteiger partial charge in [-0.1, -0.05) is 13.8 Å². The van der Waals surface area contributed by atoms with E-state index in [0.29, 0.717) is 0 Å². The molecule has 0 aromatic rings. The fourth-order valence-electron chi connectivity index (χ4n) is 2.19. The van der Waals surface area contributed by atoms with Crippen LogP contribution in [0.1, 0.15) is 34.1 Å². The van der Waals surface area contributed by atoms with Gasteiger partial charge in [-0.05, 0) is 19.3 Å². The number of carbonyl (C=O) groups excluding carboxylic acids is 2. The van der Waals surface area contributed by atoms with Crippen LogP contribution in [0, 0.1) is 11.3 Å². The first-order valence-corrected chi connectivity index (χ1v) is 6.28. The summed E-state index contributed by atoms with van der Waals surface area (Å²) in [5, 5.41) is 10.2. The van der Waals surface area contributed by atoms with Crippen molar-refractivity contribution in [2.45, 2.75) is 40.2 Å². The van der Waals surface area contributed by atoms with E-state index in [9.17, 15) is 14.7 Å². The molecule has 0 bridgehead atoms. The molecule has 1 aliphatic carbocycles. The van der Waals surface area contributed by atoms with Crippen LogP contribution in [0.5, 0.6) is 0 Å². The van der Waals surface area contributed by atoms with Crippen LogP contribution in [0.25, 0.3) is 0 Å². The monoisotopic (exact) mass is 267 g/mol. The van der Waals surface area contributed by atoms with E-state index < -0.39 is 17.3 Å². The van der Waals surface area contributed by atoms with Crippen LogP contribution in [0.15, 0.2) is 16.3 Å². The van der Waals surface area contributed by atoms with Crippen molar-refractivity contribution in [3.8, 4) is 0 Å². The van der Waals surface area contributed by atoms with Crippen LogP contribution in [0.4, 0.5) is 0 Å². The number of carbonyl (C=O) groups is 2. The largest absolute Gasteiger partial charge is 0.511 e. The highest BCUT2D eigenvalue weighted by Gasteiger charge is 2.46. The molecule has 0 unspecified atom stereocenters. The Labute approximate surface area is 113 Å². The number of aliphatic hydroxyl groups is 1. The van der Waals surface area contributed by atoms with E-state index in [0.717, 1.165) is 0 Å². The quantitative estimate of drug-likeness (QED) is 0.627. The lowest BCUT2D eigenvalue weighted by molar-refractivity contribution is -0.150. The summed E-state index contributed by atoms with van der Waals surface area (Å²) in [6.07, 6.45) is 1.53. The fraction of sp³-hybridized carbons (Fsp3) is 0.643. The molecule has 0 heterocycles. The summed E-state index contributed by atoms with van der Waals surface area (Å²) in [4.78, 5) is 27.9. The maximum absolute atomic E-state index is 12.0. The van der Waals surface area contributed by atoms with Gasteiger partial charge in [0.1, 0.15) is 11.7 Å². The van der Waals surface area contributed by atoms with Gasteiger partial charge >= 0.3 is 5.97 Å². The zero-order valence-electron chi connectivity index (χ0n) is 12.1. The fourth-order valence-corrected chi connectivity index (χ4v) is 2.19. The van der Waals surface area contributed by atoms with Crippen molar-refractivity contribution < 1.29 is 19.4 Å². The molecule has 0 aliphatic heterocycles. The standard InChI is InChI=1S/C14H21NO4/c1-8(2)15-7-9-10(16)6-14(3,4)11(12(9)17)13(18)19-5/h7-8,11,17H,6H2,1-5H3/t11-/m1/s1. The SMILES string of the molecule is COC(=O)[C@H]1C(O)=C(C=NC(C)C)C(=O)CC1(C)C. The molecule has 0 amide bonds. The number of Topliss-reactive ketones (excluding diaryl/α,β-unsaturated/α-hetero) is 1. The molecule has 19 heavy (non-hydrogen) atoms. The Morgan fingerprint density at radius 3 is 2.58 bits per heavy atom. The molecule has 0 fully saturated rings. The number of esters is 1. The van der Waals surface area contributed by atoms with Gasteiger partial charge < -0.3 is 9.84 Å². The first kappa shape index (κ1) is 15.4. The summed E-state index contributed by atoms with van der Waals surface area (Å²) in [5.41, 5.74) is -0.549. The molecule has 0 saturated carbocycles. The lowest BCUT2D eigenvalue weighted by Crippen LogP contribution is -2.40. The molecule has 1 aliphatic rings. The smallest absolute Gasteiger partial charge is 0.316 e. The molecule has 106 valence electrons. The second-order valence-corrected chi connectivity index (χ2v) is 5.72. The number of aliphatic hydroxyl groups excluding tert-OH is 1. The molecule has 0 aromatic heterocycles. The van der Waals surface area contributed by atoms with Crippen molar-refractivity contribution >= 4 is 18.0 Å². The first-order valence-electron chi connectivity index (χ1n) is 6.28. The number of aliphatic imine (C=N–C) groups is 1. The third-order valence-electron chi connectivity index (χ3n) is 3.19. The van der Waals surface area contributed by atoms with Crippen LogP contribution in [-0.2, 0) is 14.3 Å². The molecule has 1 atom stereocenters. The van der Waals surface area contributed by atoms with Gasteiger partial charge in [0.2, 0.25) is 0 Å². The van der Waals surface area contributed by atoms with Gasteiger partial charge in [-0.3, -0.25) is 14.6 Å². The van der Waals surface area contributed by atoms with Crippen molar-refractivity contribution in [2.75, 3.05) is 7.11 Å². The van der Waals surface area contributed by atoms with Crippen LogP contribution < -0.4 is 0 Å². The number of hydrogen-bond donors (Lipinski definition) is 1. The highest BCUT2D eigenvalue weighted by atomic mass is 16.5. The number of allylic oxidation sites excluding steroid dienone is 1. The van der Waals surface area contributed by atoms with E-state index in [1.54, 1.807) is 13.8 Å². The van der Waals surface area contributed by atoms with E-state index in [2.05, 4.69) is 4.99 Å². The Morgan fingerprint density at radius 2 is 2.11 bits per heavy atom. The molecule has 5 heteroatoms. The van der Waals surface area contributed by atoms with Crippen molar-refractivity contribution in [1.29, 1.82) is 0 Å². The van der Waals surface area contributed by atoms with E-state index >= 15 is 0 Å².